The Kier molecular flexibility index (Phi) is 6.70. The van der Waals surface area contributed by atoms with E-state index in [1.165, 1.54) is 21.7 Å². The molecule has 1 aliphatic heterocycles. The summed E-state index contributed by atoms with van der Waals surface area (Å²) in [6, 6.07) is 2.50. The van der Waals surface area contributed by atoms with Crippen molar-refractivity contribution in [2.45, 2.75) is 45.5 Å². The molecule has 1 aromatic carbocycles. The zero-order valence-corrected chi connectivity index (χ0v) is 18.4. The van der Waals surface area contributed by atoms with Gasteiger partial charge >= 0.3 is 12.6 Å². The molecule has 0 spiro atoms. The zero-order chi connectivity index (χ0) is 23.8. The van der Waals surface area contributed by atoms with Crippen LogP contribution in [0.2, 0.25) is 5.02 Å². The molecular weight excluding hydrogens is 451 g/mol. The molecule has 0 saturated carbocycles. The summed E-state index contributed by atoms with van der Waals surface area (Å²) in [6.45, 7) is 1.84. The summed E-state index contributed by atoms with van der Waals surface area (Å²) in [7, 11) is 0. The third-order valence-corrected chi connectivity index (χ3v) is 5.04. The fourth-order valence-corrected chi connectivity index (χ4v) is 3.65. The minimum absolute atomic E-state index is 0.00509. The maximum atomic E-state index is 13.6. The molecule has 0 saturated heterocycles. The lowest BCUT2D eigenvalue weighted by Gasteiger charge is -2.35. The Morgan fingerprint density at radius 1 is 1.38 bits per heavy atom. The van der Waals surface area contributed by atoms with E-state index in [0.29, 0.717) is 5.56 Å². The average molecular weight is 474 g/mol. The second-order valence-corrected chi connectivity index (χ2v) is 8.82. The van der Waals surface area contributed by atoms with E-state index < -0.39 is 42.6 Å². The molecule has 1 unspecified atom stereocenters. The molecule has 32 heavy (non-hydrogen) atoms. The van der Waals surface area contributed by atoms with Gasteiger partial charge in [0.25, 0.3) is 5.91 Å². The molecule has 0 aliphatic carbocycles. The zero-order valence-electron chi connectivity index (χ0n) is 17.7. The van der Waals surface area contributed by atoms with Gasteiger partial charge in [0.2, 0.25) is 0 Å². The van der Waals surface area contributed by atoms with Crippen LogP contribution in [0.25, 0.3) is 11.3 Å². The van der Waals surface area contributed by atoms with E-state index >= 15 is 0 Å². The number of halogens is 4. The van der Waals surface area contributed by atoms with Crippen molar-refractivity contribution in [1.29, 1.82) is 0 Å². The third-order valence-electron chi connectivity index (χ3n) is 4.75. The number of alkyl halides is 2. The highest BCUT2D eigenvalue weighted by molar-refractivity contribution is 6.31. The number of nitrogens with one attached hydrogen (secondary N) is 1. The number of carbonyl (C=O) groups is 2. The van der Waals surface area contributed by atoms with Crippen LogP contribution in [-0.2, 0) is 11.3 Å². The van der Waals surface area contributed by atoms with Crippen molar-refractivity contribution in [2.24, 2.45) is 5.73 Å². The van der Waals surface area contributed by atoms with Crippen molar-refractivity contribution >= 4 is 23.5 Å². The number of ether oxygens (including phenoxy) is 1. The Morgan fingerprint density at radius 2 is 2.06 bits per heavy atom. The first-order valence-corrected chi connectivity index (χ1v) is 10.1. The Labute approximate surface area is 187 Å². The van der Waals surface area contributed by atoms with Gasteiger partial charge in [-0.15, -0.1) is 0 Å². The molecule has 3 amide bonds. The highest BCUT2D eigenvalue weighted by Crippen LogP contribution is 2.33. The lowest BCUT2D eigenvalue weighted by molar-refractivity contribution is -0.139. The van der Waals surface area contributed by atoms with Crippen LogP contribution in [0, 0.1) is 5.82 Å². The van der Waals surface area contributed by atoms with E-state index in [-0.39, 0.29) is 35.1 Å². The van der Waals surface area contributed by atoms with Gasteiger partial charge in [-0.3, -0.25) is 9.48 Å². The molecule has 2 heterocycles. The highest BCUT2D eigenvalue weighted by atomic mass is 35.5. The summed E-state index contributed by atoms with van der Waals surface area (Å²) in [5.74, 6) is -1.50. The Balaban J connectivity index is 2.09. The standard InChI is InChI=1S/C20H23ClF3N5O3/c1-20(2,3)26-19(31)28-7-11(9-32-18(23)24)29-14(8-28)15(17(25)30)16(27-29)10-4-5-13(22)12(21)6-10/h4-6,11,18H,7-9H2,1-3H3,(H2,25,30)(H,26,31). The number of fused-ring (bicyclic) bond motifs is 1. The van der Waals surface area contributed by atoms with Gasteiger partial charge in [-0.25, -0.2) is 9.18 Å². The number of nitrogens with zero attached hydrogens (tertiary/aromatic N) is 3. The molecular formula is C20H23ClF3N5O3. The van der Waals surface area contributed by atoms with Crippen LogP contribution in [0.5, 0.6) is 0 Å². The quantitative estimate of drug-likeness (QED) is 0.693. The molecule has 1 atom stereocenters. The van der Waals surface area contributed by atoms with Crippen LogP contribution < -0.4 is 11.1 Å². The van der Waals surface area contributed by atoms with E-state index in [2.05, 4.69) is 15.2 Å². The first-order valence-electron chi connectivity index (χ1n) is 9.71. The molecule has 0 radical (unpaired) electrons. The van der Waals surface area contributed by atoms with Crippen molar-refractivity contribution in [1.82, 2.24) is 20.0 Å². The van der Waals surface area contributed by atoms with Gasteiger partial charge in [-0.1, -0.05) is 11.6 Å². The predicted octanol–water partition coefficient (Wildman–Crippen LogP) is 3.55. The number of aromatic nitrogens is 2. The van der Waals surface area contributed by atoms with Crippen molar-refractivity contribution in [3.63, 3.8) is 0 Å². The first kappa shape index (κ1) is 23.9. The minimum Gasteiger partial charge on any atom is -0.365 e. The maximum Gasteiger partial charge on any atom is 0.345 e. The summed E-state index contributed by atoms with van der Waals surface area (Å²) in [4.78, 5) is 26.5. The summed E-state index contributed by atoms with van der Waals surface area (Å²) in [5, 5.41) is 7.00. The number of benzene rings is 1. The average Bonchev–Trinajstić information content (AvgIpc) is 3.06. The van der Waals surface area contributed by atoms with E-state index in [1.54, 1.807) is 20.8 Å². The highest BCUT2D eigenvalue weighted by Gasteiger charge is 2.36. The van der Waals surface area contributed by atoms with E-state index in [9.17, 15) is 22.8 Å². The molecule has 3 rings (SSSR count). The second-order valence-electron chi connectivity index (χ2n) is 8.42. The Hall–Kier alpha value is -2.79. The van der Waals surface area contributed by atoms with Gasteiger partial charge < -0.3 is 20.7 Å². The fraction of sp³-hybridized carbons (Fsp3) is 0.450. The van der Waals surface area contributed by atoms with Gasteiger partial charge in [0.15, 0.2) is 0 Å². The third kappa shape index (κ3) is 5.16. The van der Waals surface area contributed by atoms with Crippen LogP contribution in [0.4, 0.5) is 18.0 Å². The van der Waals surface area contributed by atoms with E-state index in [0.717, 1.165) is 6.07 Å². The number of hydrogen-bond donors (Lipinski definition) is 2. The normalized spacial score (nSPS) is 16.2. The monoisotopic (exact) mass is 473 g/mol. The fourth-order valence-electron chi connectivity index (χ4n) is 3.47. The molecule has 3 N–H and O–H groups in total. The number of amides is 3. The van der Waals surface area contributed by atoms with Gasteiger partial charge in [0.1, 0.15) is 11.5 Å². The predicted molar refractivity (Wildman–Crippen MR) is 111 cm³/mol. The molecule has 12 heteroatoms. The molecule has 2 aromatic rings. The Bertz CT molecular complexity index is 1040. The molecule has 1 aromatic heterocycles. The summed E-state index contributed by atoms with van der Waals surface area (Å²) < 4.78 is 44.9. The van der Waals surface area contributed by atoms with E-state index in [1.807, 2.05) is 0 Å². The van der Waals surface area contributed by atoms with E-state index in [4.69, 9.17) is 17.3 Å². The number of carbonyl (C=O) groups excluding carboxylic acids is 2. The number of hydrogen-bond acceptors (Lipinski definition) is 4. The number of nitrogens with two attached hydrogens (primary N) is 1. The van der Waals surface area contributed by atoms with Crippen LogP contribution in [0.15, 0.2) is 18.2 Å². The summed E-state index contributed by atoms with van der Waals surface area (Å²) >= 11 is 5.87. The molecule has 0 bridgehead atoms. The maximum absolute atomic E-state index is 13.6. The molecule has 8 nitrogen and oxygen atoms in total. The lowest BCUT2D eigenvalue weighted by Crippen LogP contribution is -2.52. The van der Waals surface area contributed by atoms with Crippen LogP contribution in [0.1, 0.15) is 42.9 Å². The molecule has 174 valence electrons. The largest absolute Gasteiger partial charge is 0.365 e. The topological polar surface area (TPSA) is 102 Å². The number of primary amides is 1. The van der Waals surface area contributed by atoms with Crippen molar-refractivity contribution in [3.8, 4) is 11.3 Å². The second kappa shape index (κ2) is 8.99. The van der Waals surface area contributed by atoms with Crippen LogP contribution in [-0.4, -0.2) is 51.9 Å². The SMILES string of the molecule is CC(C)(C)NC(=O)N1Cc2c(C(N)=O)c(-c3ccc(F)c(Cl)c3)nn2C(COC(F)F)C1. The van der Waals surface area contributed by atoms with Gasteiger partial charge in [-0.05, 0) is 39.0 Å². The van der Waals surface area contributed by atoms with Crippen molar-refractivity contribution < 1.29 is 27.5 Å². The van der Waals surface area contributed by atoms with Gasteiger partial charge in [0, 0.05) is 17.6 Å². The number of urea groups is 1. The minimum atomic E-state index is -3.03. The Morgan fingerprint density at radius 3 is 2.62 bits per heavy atom. The van der Waals surface area contributed by atoms with Crippen LogP contribution >= 0.6 is 11.6 Å². The summed E-state index contributed by atoms with van der Waals surface area (Å²) in [5.41, 5.74) is 5.72. The first-order chi connectivity index (χ1) is 14.9. The molecule has 1 aliphatic rings. The smallest absolute Gasteiger partial charge is 0.345 e. The van der Waals surface area contributed by atoms with Crippen LogP contribution in [0.3, 0.4) is 0 Å². The van der Waals surface area contributed by atoms with Gasteiger partial charge in [0.05, 0.1) is 35.5 Å². The molecule has 0 fully saturated rings. The summed E-state index contributed by atoms with van der Waals surface area (Å²) in [6.07, 6.45) is 0. The lowest BCUT2D eigenvalue weighted by atomic mass is 10.0. The number of rotatable bonds is 5. The van der Waals surface area contributed by atoms with Crippen molar-refractivity contribution in [2.75, 3.05) is 13.2 Å². The van der Waals surface area contributed by atoms with Crippen molar-refractivity contribution in [3.05, 3.63) is 40.3 Å². The van der Waals surface area contributed by atoms with Gasteiger partial charge in [-0.2, -0.15) is 13.9 Å².